The number of halogens is 1. The van der Waals surface area contributed by atoms with Crippen molar-refractivity contribution in [3.63, 3.8) is 0 Å². The van der Waals surface area contributed by atoms with Gasteiger partial charge in [0.25, 0.3) is 5.91 Å². The number of anilines is 1. The molecule has 2 heterocycles. The Morgan fingerprint density at radius 1 is 1.09 bits per heavy atom. The van der Waals surface area contributed by atoms with Crippen LogP contribution in [0.4, 0.5) is 5.13 Å². The van der Waals surface area contributed by atoms with E-state index >= 15 is 0 Å². The molecule has 0 atom stereocenters. The van der Waals surface area contributed by atoms with Gasteiger partial charge in [0, 0.05) is 31.7 Å². The molecule has 3 aromatic rings. The standard InChI is InChI=1S/C24H30N4O4S2.ClH/c1-4-18-5-10-21-22(17-18)33-24(25-21)28(12-11-26(2)3)23(29)19-6-8-20(9-7-19)34(30,31)27-13-15-32-16-14-27;/h5-10,17H,4,11-16H2,1-3H3;1H. The molecule has 0 bridgehead atoms. The van der Waals surface area contributed by atoms with Gasteiger partial charge >= 0.3 is 0 Å². The number of carbonyl (C=O) groups excluding carboxylic acids is 1. The lowest BCUT2D eigenvalue weighted by molar-refractivity contribution is 0.0730. The topological polar surface area (TPSA) is 83.1 Å². The molecule has 4 rings (SSSR count). The minimum absolute atomic E-state index is 0. The van der Waals surface area contributed by atoms with Crippen molar-refractivity contribution in [2.24, 2.45) is 0 Å². The van der Waals surface area contributed by atoms with Gasteiger partial charge in [0.1, 0.15) is 0 Å². The Kier molecular flexibility index (Phi) is 9.25. The molecule has 1 fully saturated rings. The van der Waals surface area contributed by atoms with E-state index in [0.29, 0.717) is 50.1 Å². The number of thiazole rings is 1. The van der Waals surface area contributed by atoms with Crippen LogP contribution in [-0.2, 0) is 21.2 Å². The summed E-state index contributed by atoms with van der Waals surface area (Å²) < 4.78 is 33.6. The van der Waals surface area contributed by atoms with Crippen LogP contribution >= 0.6 is 23.7 Å². The highest BCUT2D eigenvalue weighted by molar-refractivity contribution is 7.89. The number of nitrogens with zero attached hydrogens (tertiary/aromatic N) is 4. The second kappa shape index (κ2) is 11.8. The maximum atomic E-state index is 13.5. The molecule has 1 aliphatic rings. The fraction of sp³-hybridized carbons (Fsp3) is 0.417. The molecule has 11 heteroatoms. The molecule has 1 amide bonds. The highest BCUT2D eigenvalue weighted by Gasteiger charge is 2.27. The van der Waals surface area contributed by atoms with E-state index in [9.17, 15) is 13.2 Å². The number of amides is 1. The summed E-state index contributed by atoms with van der Waals surface area (Å²) in [5.41, 5.74) is 2.52. The van der Waals surface area contributed by atoms with Crippen molar-refractivity contribution in [1.82, 2.24) is 14.2 Å². The van der Waals surface area contributed by atoms with Crippen LogP contribution in [0, 0.1) is 0 Å². The van der Waals surface area contributed by atoms with Gasteiger partial charge in [-0.1, -0.05) is 24.3 Å². The molecule has 1 saturated heterocycles. The molecule has 0 spiro atoms. The summed E-state index contributed by atoms with van der Waals surface area (Å²) in [6.45, 7) is 4.69. The molecule has 8 nitrogen and oxygen atoms in total. The van der Waals surface area contributed by atoms with E-state index in [2.05, 4.69) is 19.1 Å². The molecule has 1 aliphatic heterocycles. The summed E-state index contributed by atoms with van der Waals surface area (Å²) in [5, 5.41) is 0.639. The van der Waals surface area contributed by atoms with E-state index in [-0.39, 0.29) is 23.2 Å². The van der Waals surface area contributed by atoms with Crippen LogP contribution in [0.3, 0.4) is 0 Å². The zero-order valence-corrected chi connectivity index (χ0v) is 22.6. The largest absolute Gasteiger partial charge is 0.379 e. The predicted molar refractivity (Wildman–Crippen MR) is 142 cm³/mol. The normalized spacial score (nSPS) is 14.7. The van der Waals surface area contributed by atoms with E-state index < -0.39 is 10.0 Å². The van der Waals surface area contributed by atoms with Crippen molar-refractivity contribution in [1.29, 1.82) is 0 Å². The smallest absolute Gasteiger partial charge is 0.260 e. The van der Waals surface area contributed by atoms with E-state index in [4.69, 9.17) is 9.72 Å². The lowest BCUT2D eigenvalue weighted by Gasteiger charge is -2.26. The Labute approximate surface area is 217 Å². The second-order valence-corrected chi connectivity index (χ2v) is 11.4. The van der Waals surface area contributed by atoms with Crippen LogP contribution in [0.2, 0.25) is 0 Å². The first-order valence-electron chi connectivity index (χ1n) is 11.3. The van der Waals surface area contributed by atoms with Crippen LogP contribution in [0.5, 0.6) is 0 Å². The monoisotopic (exact) mass is 538 g/mol. The molecule has 0 N–H and O–H groups in total. The number of aryl methyl sites for hydroxylation is 1. The van der Waals surface area contributed by atoms with Gasteiger partial charge < -0.3 is 9.64 Å². The first-order valence-corrected chi connectivity index (χ1v) is 13.6. The molecular formula is C24H31ClN4O4S2. The first-order chi connectivity index (χ1) is 16.3. The maximum absolute atomic E-state index is 13.5. The van der Waals surface area contributed by atoms with Crippen molar-refractivity contribution in [2.45, 2.75) is 18.2 Å². The summed E-state index contributed by atoms with van der Waals surface area (Å²) in [7, 11) is 0.305. The Morgan fingerprint density at radius 3 is 2.40 bits per heavy atom. The average molecular weight is 539 g/mol. The lowest BCUT2D eigenvalue weighted by Crippen LogP contribution is -2.40. The third kappa shape index (κ3) is 6.19. The first kappa shape index (κ1) is 27.5. The van der Waals surface area contributed by atoms with Gasteiger partial charge in [0.15, 0.2) is 5.13 Å². The number of carbonyl (C=O) groups is 1. The number of hydrogen-bond acceptors (Lipinski definition) is 7. The van der Waals surface area contributed by atoms with E-state index in [1.165, 1.54) is 33.3 Å². The number of morpholine rings is 1. The van der Waals surface area contributed by atoms with Crippen molar-refractivity contribution in [3.05, 3.63) is 53.6 Å². The summed E-state index contributed by atoms with van der Waals surface area (Å²) >= 11 is 1.50. The Balaban J connectivity index is 0.00000342. The van der Waals surface area contributed by atoms with Crippen molar-refractivity contribution in [3.8, 4) is 0 Å². The number of rotatable bonds is 8. The minimum atomic E-state index is -3.61. The van der Waals surface area contributed by atoms with Gasteiger partial charge in [-0.25, -0.2) is 13.4 Å². The van der Waals surface area contributed by atoms with E-state index in [1.54, 1.807) is 17.0 Å². The van der Waals surface area contributed by atoms with Crippen LogP contribution in [0.1, 0.15) is 22.8 Å². The summed E-state index contributed by atoms with van der Waals surface area (Å²) in [6, 6.07) is 12.4. The van der Waals surface area contributed by atoms with Crippen LogP contribution in [0.25, 0.3) is 10.2 Å². The van der Waals surface area contributed by atoms with Crippen molar-refractivity contribution in [2.75, 3.05) is 58.4 Å². The second-order valence-electron chi connectivity index (χ2n) is 8.45. The van der Waals surface area contributed by atoms with Gasteiger partial charge in [-0.3, -0.25) is 9.69 Å². The zero-order valence-electron chi connectivity index (χ0n) is 20.1. The predicted octanol–water partition coefficient (Wildman–Crippen LogP) is 3.51. The molecule has 0 unspecified atom stereocenters. The number of sulfonamides is 1. The number of likely N-dealkylation sites (N-methyl/N-ethyl adjacent to an activating group) is 1. The SMILES string of the molecule is CCc1ccc2nc(N(CCN(C)C)C(=O)c3ccc(S(=O)(=O)N4CCOCC4)cc3)sc2c1.Cl. The maximum Gasteiger partial charge on any atom is 0.260 e. The number of hydrogen-bond donors (Lipinski definition) is 0. The molecule has 0 radical (unpaired) electrons. The third-order valence-electron chi connectivity index (χ3n) is 5.81. The minimum Gasteiger partial charge on any atom is -0.379 e. The highest BCUT2D eigenvalue weighted by atomic mass is 35.5. The van der Waals surface area contributed by atoms with Gasteiger partial charge in [-0.05, 0) is 62.5 Å². The average Bonchev–Trinajstić information content (AvgIpc) is 3.27. The van der Waals surface area contributed by atoms with Crippen molar-refractivity contribution >= 4 is 55.0 Å². The van der Waals surface area contributed by atoms with E-state index in [0.717, 1.165) is 16.6 Å². The van der Waals surface area contributed by atoms with Gasteiger partial charge in [0.2, 0.25) is 10.0 Å². The highest BCUT2D eigenvalue weighted by Crippen LogP contribution is 2.31. The number of fused-ring (bicyclic) bond motifs is 1. The molecule has 2 aromatic carbocycles. The quantitative estimate of drug-likeness (QED) is 0.436. The van der Waals surface area contributed by atoms with Crippen molar-refractivity contribution < 1.29 is 17.9 Å². The summed E-state index contributed by atoms with van der Waals surface area (Å²) in [4.78, 5) is 22.1. The van der Waals surface area contributed by atoms with Crippen LogP contribution in [0.15, 0.2) is 47.4 Å². The van der Waals surface area contributed by atoms with Gasteiger partial charge in [-0.2, -0.15) is 4.31 Å². The van der Waals surface area contributed by atoms with E-state index in [1.807, 2.05) is 25.1 Å². The fourth-order valence-corrected chi connectivity index (χ4v) is 6.20. The Bertz CT molecular complexity index is 1260. The van der Waals surface area contributed by atoms with Gasteiger partial charge in [0.05, 0.1) is 28.3 Å². The van der Waals surface area contributed by atoms with Crippen LogP contribution in [-0.4, -0.2) is 82.0 Å². The molecule has 35 heavy (non-hydrogen) atoms. The molecule has 190 valence electrons. The molecule has 1 aromatic heterocycles. The Hall–Kier alpha value is -2.08. The summed E-state index contributed by atoms with van der Waals surface area (Å²) in [5.74, 6) is -0.202. The fourth-order valence-electron chi connectivity index (χ4n) is 3.74. The Morgan fingerprint density at radius 2 is 1.77 bits per heavy atom. The zero-order chi connectivity index (χ0) is 24.3. The molecule has 0 aliphatic carbocycles. The number of benzene rings is 2. The number of ether oxygens (including phenoxy) is 1. The lowest BCUT2D eigenvalue weighted by atomic mass is 10.2. The summed E-state index contributed by atoms with van der Waals surface area (Å²) in [6.07, 6.45) is 0.937. The van der Waals surface area contributed by atoms with Gasteiger partial charge in [-0.15, -0.1) is 12.4 Å². The third-order valence-corrected chi connectivity index (χ3v) is 8.76. The molecular weight excluding hydrogens is 508 g/mol. The van der Waals surface area contributed by atoms with Crippen LogP contribution < -0.4 is 4.90 Å². The molecule has 0 saturated carbocycles. The number of aromatic nitrogens is 1.